The van der Waals surface area contributed by atoms with Gasteiger partial charge in [0.2, 0.25) is 0 Å². The number of pyridine rings is 1. The Bertz CT molecular complexity index is 966. The zero-order valence-corrected chi connectivity index (χ0v) is 13.4. The highest BCUT2D eigenvalue weighted by molar-refractivity contribution is 6.12. The summed E-state index contributed by atoms with van der Waals surface area (Å²) in [6, 6.07) is 11.5. The molecule has 3 aromatic rings. The predicted molar refractivity (Wildman–Crippen MR) is 88.9 cm³/mol. The van der Waals surface area contributed by atoms with Crippen molar-refractivity contribution < 1.29 is 13.2 Å². The van der Waals surface area contributed by atoms with Crippen LogP contribution in [0.1, 0.15) is 29.4 Å². The third-order valence-electron chi connectivity index (χ3n) is 4.23. The minimum Gasteiger partial charge on any atom is -0.315 e. The van der Waals surface area contributed by atoms with Gasteiger partial charge < -0.3 is 4.57 Å². The Morgan fingerprint density at radius 3 is 2.64 bits per heavy atom. The molecule has 126 valence electrons. The van der Waals surface area contributed by atoms with E-state index in [-0.39, 0.29) is 18.1 Å². The van der Waals surface area contributed by atoms with Gasteiger partial charge in [-0.3, -0.25) is 9.98 Å². The van der Waals surface area contributed by atoms with E-state index in [1.165, 1.54) is 18.3 Å². The fraction of sp³-hybridized carbons (Fsp3) is 0.158. The van der Waals surface area contributed by atoms with Crippen LogP contribution in [-0.4, -0.2) is 15.3 Å². The summed E-state index contributed by atoms with van der Waals surface area (Å²) in [5.74, 6) is -3.31. The van der Waals surface area contributed by atoms with Gasteiger partial charge in [-0.05, 0) is 36.4 Å². The van der Waals surface area contributed by atoms with Gasteiger partial charge in [-0.15, -0.1) is 0 Å². The summed E-state index contributed by atoms with van der Waals surface area (Å²) >= 11 is 0. The number of nitrogens with zero attached hydrogens (tertiary/aromatic N) is 3. The monoisotopic (exact) mass is 341 g/mol. The maximum absolute atomic E-state index is 14.2. The molecule has 1 aromatic carbocycles. The molecule has 0 atom stereocenters. The molecule has 0 amide bonds. The Kier molecular flexibility index (Phi) is 3.49. The molecule has 1 aliphatic heterocycles. The Morgan fingerprint density at radius 1 is 1.08 bits per heavy atom. The molecule has 0 spiro atoms. The van der Waals surface area contributed by atoms with E-state index in [1.54, 1.807) is 12.1 Å². The molecule has 4 rings (SSSR count). The molecule has 0 radical (unpaired) electrons. The second-order valence-electron chi connectivity index (χ2n) is 5.99. The summed E-state index contributed by atoms with van der Waals surface area (Å²) in [7, 11) is 0. The number of hydrogen-bond acceptors (Lipinski definition) is 2. The first-order chi connectivity index (χ1) is 11.9. The number of rotatable bonds is 2. The molecule has 3 nitrogen and oxygen atoms in total. The lowest BCUT2D eigenvalue weighted by Crippen LogP contribution is -2.12. The lowest BCUT2D eigenvalue weighted by atomic mass is 10.1. The Labute approximate surface area is 142 Å². The summed E-state index contributed by atoms with van der Waals surface area (Å²) in [5, 5.41) is 0. The van der Waals surface area contributed by atoms with E-state index in [2.05, 4.69) is 9.98 Å². The molecule has 0 aliphatic carbocycles. The van der Waals surface area contributed by atoms with Crippen LogP contribution in [0.2, 0.25) is 0 Å². The quantitative estimate of drug-likeness (QED) is 0.676. The molecular weight excluding hydrogens is 327 g/mol. The topological polar surface area (TPSA) is 30.2 Å². The normalized spacial score (nSPS) is 13.7. The van der Waals surface area contributed by atoms with Gasteiger partial charge in [0.05, 0.1) is 23.6 Å². The molecule has 25 heavy (non-hydrogen) atoms. The van der Waals surface area contributed by atoms with Crippen LogP contribution in [0.3, 0.4) is 0 Å². The first-order valence-electron chi connectivity index (χ1n) is 7.80. The predicted octanol–water partition coefficient (Wildman–Crippen LogP) is 4.47. The van der Waals surface area contributed by atoms with E-state index >= 15 is 0 Å². The molecule has 2 aromatic heterocycles. The molecule has 1 aliphatic rings. The molecule has 0 saturated carbocycles. The van der Waals surface area contributed by atoms with E-state index in [0.717, 1.165) is 18.3 Å². The maximum Gasteiger partial charge on any atom is 0.286 e. The lowest BCUT2D eigenvalue weighted by Gasteiger charge is -2.12. The Hall–Kier alpha value is -2.89. The number of alkyl halides is 2. The van der Waals surface area contributed by atoms with Crippen LogP contribution in [0.4, 0.5) is 13.2 Å². The van der Waals surface area contributed by atoms with Crippen LogP contribution in [0.5, 0.6) is 0 Å². The van der Waals surface area contributed by atoms with Crippen molar-refractivity contribution in [3.8, 4) is 5.69 Å². The van der Waals surface area contributed by atoms with Gasteiger partial charge in [0.15, 0.2) is 0 Å². The molecule has 0 unspecified atom stereocenters. The van der Waals surface area contributed by atoms with Crippen LogP contribution in [-0.2, 0) is 12.5 Å². The second kappa shape index (κ2) is 5.58. The zero-order valence-electron chi connectivity index (χ0n) is 13.4. The minimum absolute atomic E-state index is 0.171. The van der Waals surface area contributed by atoms with E-state index < -0.39 is 5.92 Å². The number of aliphatic imine (C=N–C) groups is 1. The number of fused-ring (bicyclic) bond motifs is 3. The van der Waals surface area contributed by atoms with Crippen molar-refractivity contribution in [2.24, 2.45) is 4.99 Å². The largest absolute Gasteiger partial charge is 0.315 e. The van der Waals surface area contributed by atoms with Gasteiger partial charge in [-0.1, -0.05) is 6.07 Å². The van der Waals surface area contributed by atoms with Gasteiger partial charge >= 0.3 is 0 Å². The molecule has 0 N–H and O–H groups in total. The van der Waals surface area contributed by atoms with Crippen LogP contribution in [0.15, 0.2) is 59.9 Å². The second-order valence-corrected chi connectivity index (χ2v) is 5.99. The SMILES string of the molecule is CC(F)(F)c1ccc(C2=NCc3c(F)cccc3-n3cccc32)cn1. The molecule has 0 saturated heterocycles. The highest BCUT2D eigenvalue weighted by Crippen LogP contribution is 2.28. The molecule has 0 bridgehead atoms. The first kappa shape index (κ1) is 15.6. The van der Waals surface area contributed by atoms with Gasteiger partial charge in [-0.25, -0.2) is 4.39 Å². The Balaban J connectivity index is 1.84. The smallest absolute Gasteiger partial charge is 0.286 e. The first-order valence-corrected chi connectivity index (χ1v) is 7.80. The average Bonchev–Trinajstić information content (AvgIpc) is 2.99. The van der Waals surface area contributed by atoms with Gasteiger partial charge in [0, 0.05) is 30.4 Å². The third-order valence-corrected chi connectivity index (χ3v) is 4.23. The van der Waals surface area contributed by atoms with Crippen molar-refractivity contribution in [1.82, 2.24) is 9.55 Å². The summed E-state index contributed by atoms with van der Waals surface area (Å²) < 4.78 is 42.8. The lowest BCUT2D eigenvalue weighted by molar-refractivity contribution is 0.0127. The van der Waals surface area contributed by atoms with Crippen molar-refractivity contribution in [3.63, 3.8) is 0 Å². The Morgan fingerprint density at radius 2 is 1.92 bits per heavy atom. The molecule has 0 fully saturated rings. The molecule has 6 heteroatoms. The van der Waals surface area contributed by atoms with Gasteiger partial charge in [0.1, 0.15) is 11.5 Å². The summed E-state index contributed by atoms with van der Waals surface area (Å²) in [6.07, 6.45) is 3.21. The van der Waals surface area contributed by atoms with Crippen LogP contribution >= 0.6 is 0 Å². The fourth-order valence-electron chi connectivity index (χ4n) is 2.99. The van der Waals surface area contributed by atoms with Crippen molar-refractivity contribution in [2.45, 2.75) is 19.4 Å². The molecule has 3 heterocycles. The highest BCUT2D eigenvalue weighted by Gasteiger charge is 2.26. The highest BCUT2D eigenvalue weighted by atomic mass is 19.3. The standard InChI is InChI=1S/C19H14F3N3/c1-19(21,22)17-8-7-12(10-23-17)18-16-6-3-9-25(16)15-5-2-4-14(20)13(15)11-24-18/h2-10H,11H2,1H3. The van der Waals surface area contributed by atoms with Crippen molar-refractivity contribution >= 4 is 5.71 Å². The summed E-state index contributed by atoms with van der Waals surface area (Å²) in [4.78, 5) is 8.39. The van der Waals surface area contributed by atoms with Crippen LogP contribution < -0.4 is 0 Å². The third kappa shape index (κ3) is 2.63. The number of hydrogen-bond donors (Lipinski definition) is 0. The van der Waals surface area contributed by atoms with Crippen LogP contribution in [0.25, 0.3) is 5.69 Å². The van der Waals surface area contributed by atoms with Gasteiger partial charge in [-0.2, -0.15) is 8.78 Å². The zero-order chi connectivity index (χ0) is 17.6. The van der Waals surface area contributed by atoms with Crippen molar-refractivity contribution in [2.75, 3.05) is 0 Å². The van der Waals surface area contributed by atoms with E-state index in [0.29, 0.717) is 16.8 Å². The minimum atomic E-state index is -3.00. The van der Waals surface area contributed by atoms with Crippen molar-refractivity contribution in [3.05, 3.63) is 83.2 Å². The number of aromatic nitrogens is 2. The average molecular weight is 341 g/mol. The summed E-state index contributed by atoms with van der Waals surface area (Å²) in [5.41, 5.74) is 2.90. The number of halogens is 3. The fourth-order valence-corrected chi connectivity index (χ4v) is 2.99. The van der Waals surface area contributed by atoms with Gasteiger partial charge in [0.25, 0.3) is 5.92 Å². The maximum atomic E-state index is 14.2. The summed E-state index contributed by atoms with van der Waals surface area (Å²) in [6.45, 7) is 0.980. The molecular formula is C19H14F3N3. The number of benzene rings is 1. The van der Waals surface area contributed by atoms with E-state index in [9.17, 15) is 13.2 Å². The van der Waals surface area contributed by atoms with E-state index in [1.807, 2.05) is 29.0 Å². The van der Waals surface area contributed by atoms with E-state index in [4.69, 9.17) is 0 Å². The van der Waals surface area contributed by atoms with Crippen LogP contribution in [0, 0.1) is 5.82 Å². The van der Waals surface area contributed by atoms with Crippen molar-refractivity contribution in [1.29, 1.82) is 0 Å².